The molecular weight excluding hydrogens is 411 g/mol. The average Bonchev–Trinajstić information content (AvgIpc) is 3.12. The first-order valence-corrected chi connectivity index (χ1v) is 9.21. The Bertz CT molecular complexity index is 1050. The summed E-state index contributed by atoms with van der Waals surface area (Å²) in [4.78, 5) is 14.2. The molecule has 29 heavy (non-hydrogen) atoms. The number of piperidine rings is 1. The van der Waals surface area contributed by atoms with Gasteiger partial charge in [-0.15, -0.1) is 15.3 Å². The van der Waals surface area contributed by atoms with Gasteiger partial charge in [0.2, 0.25) is 0 Å². The van der Waals surface area contributed by atoms with Crippen molar-refractivity contribution in [1.29, 1.82) is 0 Å². The molecule has 0 radical (unpaired) electrons. The van der Waals surface area contributed by atoms with Crippen LogP contribution in [0.15, 0.2) is 36.4 Å². The lowest BCUT2D eigenvalue weighted by Crippen LogP contribution is -2.38. The van der Waals surface area contributed by atoms with Crippen LogP contribution in [0, 0.1) is 5.92 Å². The maximum Gasteiger partial charge on any atom is 0.453 e. The van der Waals surface area contributed by atoms with Gasteiger partial charge in [-0.05, 0) is 43.2 Å². The van der Waals surface area contributed by atoms with E-state index >= 15 is 0 Å². The molecule has 0 atom stereocenters. The number of benzene rings is 1. The van der Waals surface area contributed by atoms with E-state index in [1.807, 2.05) is 4.90 Å². The summed E-state index contributed by atoms with van der Waals surface area (Å²) in [6.07, 6.45) is -3.66. The van der Waals surface area contributed by atoms with Crippen molar-refractivity contribution in [3.05, 3.63) is 47.2 Å². The maximum atomic E-state index is 13.0. The van der Waals surface area contributed by atoms with Crippen LogP contribution in [0.2, 0.25) is 5.02 Å². The number of aromatic nitrogens is 4. The Labute approximate surface area is 168 Å². The summed E-state index contributed by atoms with van der Waals surface area (Å²) in [5.41, 5.74) is 0.0149. The number of anilines is 1. The van der Waals surface area contributed by atoms with E-state index in [9.17, 15) is 18.0 Å². The van der Waals surface area contributed by atoms with Crippen molar-refractivity contribution in [2.24, 2.45) is 5.92 Å². The fourth-order valence-electron chi connectivity index (χ4n) is 3.20. The topological polar surface area (TPSA) is 72.6 Å². The second-order valence-electron chi connectivity index (χ2n) is 6.62. The second kappa shape index (κ2) is 7.51. The molecule has 11 heteroatoms. The SMILES string of the molecule is O=C(Oc1cccc(Cl)c1)C1CCN(c2ccc3nnc(C(F)(F)F)n3n2)CC1. The molecule has 0 saturated carbocycles. The molecule has 0 unspecified atom stereocenters. The lowest BCUT2D eigenvalue weighted by Gasteiger charge is -2.31. The lowest BCUT2D eigenvalue weighted by atomic mass is 9.97. The van der Waals surface area contributed by atoms with Gasteiger partial charge in [0.15, 0.2) is 5.65 Å². The number of hydrogen-bond acceptors (Lipinski definition) is 6. The van der Waals surface area contributed by atoms with Gasteiger partial charge in [-0.3, -0.25) is 4.79 Å². The number of hydrogen-bond donors (Lipinski definition) is 0. The molecule has 1 aliphatic rings. The van der Waals surface area contributed by atoms with Crippen LogP contribution in [0.5, 0.6) is 5.75 Å². The quantitative estimate of drug-likeness (QED) is 0.471. The molecule has 0 N–H and O–H groups in total. The monoisotopic (exact) mass is 425 g/mol. The molecule has 3 heterocycles. The Kier molecular flexibility index (Phi) is 5.03. The lowest BCUT2D eigenvalue weighted by molar-refractivity contribution is -0.146. The molecule has 2 aromatic heterocycles. The summed E-state index contributed by atoms with van der Waals surface area (Å²) in [6.45, 7) is 0.911. The molecule has 1 aromatic carbocycles. The van der Waals surface area contributed by atoms with Gasteiger partial charge in [0, 0.05) is 18.1 Å². The van der Waals surface area contributed by atoms with Crippen LogP contribution < -0.4 is 9.64 Å². The summed E-state index contributed by atoms with van der Waals surface area (Å²) in [5.74, 6) is -1.09. The van der Waals surface area contributed by atoms with Crippen molar-refractivity contribution in [3.8, 4) is 5.75 Å². The highest BCUT2D eigenvalue weighted by Gasteiger charge is 2.38. The zero-order valence-corrected chi connectivity index (χ0v) is 15.7. The molecule has 0 spiro atoms. The number of esters is 1. The van der Waals surface area contributed by atoms with Crippen LogP contribution in [-0.2, 0) is 11.0 Å². The minimum absolute atomic E-state index is 0.0149. The van der Waals surface area contributed by atoms with Gasteiger partial charge in [-0.25, -0.2) is 0 Å². The minimum Gasteiger partial charge on any atom is -0.426 e. The predicted octanol–water partition coefficient (Wildman–Crippen LogP) is 3.62. The van der Waals surface area contributed by atoms with Gasteiger partial charge in [0.1, 0.15) is 11.6 Å². The van der Waals surface area contributed by atoms with Gasteiger partial charge in [0.25, 0.3) is 5.82 Å². The minimum atomic E-state index is -4.65. The fraction of sp³-hybridized carbons (Fsp3) is 0.333. The highest BCUT2D eigenvalue weighted by molar-refractivity contribution is 6.30. The zero-order valence-electron chi connectivity index (χ0n) is 14.9. The van der Waals surface area contributed by atoms with E-state index in [1.165, 1.54) is 6.07 Å². The van der Waals surface area contributed by atoms with Crippen molar-refractivity contribution < 1.29 is 22.7 Å². The first-order chi connectivity index (χ1) is 13.8. The van der Waals surface area contributed by atoms with E-state index in [0.717, 1.165) is 0 Å². The van der Waals surface area contributed by atoms with Crippen LogP contribution in [-0.4, -0.2) is 38.9 Å². The van der Waals surface area contributed by atoms with Crippen LogP contribution in [0.4, 0.5) is 19.0 Å². The Morgan fingerprint density at radius 2 is 1.90 bits per heavy atom. The maximum absolute atomic E-state index is 13.0. The van der Waals surface area contributed by atoms with E-state index in [2.05, 4.69) is 15.3 Å². The molecule has 7 nitrogen and oxygen atoms in total. The highest BCUT2D eigenvalue weighted by Crippen LogP contribution is 2.29. The summed E-state index contributed by atoms with van der Waals surface area (Å²) < 4.78 is 45.2. The molecule has 3 aromatic rings. The molecule has 4 rings (SSSR count). The van der Waals surface area contributed by atoms with Gasteiger partial charge in [-0.1, -0.05) is 17.7 Å². The van der Waals surface area contributed by atoms with Crippen LogP contribution in [0.3, 0.4) is 0 Å². The van der Waals surface area contributed by atoms with Crippen molar-refractivity contribution in [1.82, 2.24) is 19.8 Å². The van der Waals surface area contributed by atoms with Crippen LogP contribution >= 0.6 is 11.6 Å². The zero-order chi connectivity index (χ0) is 20.6. The van der Waals surface area contributed by atoms with Gasteiger partial charge < -0.3 is 9.64 Å². The van der Waals surface area contributed by atoms with Crippen molar-refractivity contribution >= 4 is 29.0 Å². The van der Waals surface area contributed by atoms with Crippen molar-refractivity contribution in [2.45, 2.75) is 19.0 Å². The number of halogens is 4. The summed E-state index contributed by atoms with van der Waals surface area (Å²) in [7, 11) is 0. The number of alkyl halides is 3. The van der Waals surface area contributed by atoms with E-state index in [4.69, 9.17) is 16.3 Å². The largest absolute Gasteiger partial charge is 0.453 e. The Morgan fingerprint density at radius 3 is 2.59 bits per heavy atom. The molecule has 152 valence electrons. The number of nitrogens with zero attached hydrogens (tertiary/aromatic N) is 5. The van der Waals surface area contributed by atoms with Crippen molar-refractivity contribution in [2.75, 3.05) is 18.0 Å². The number of fused-ring (bicyclic) bond motifs is 1. The smallest absolute Gasteiger partial charge is 0.426 e. The van der Waals surface area contributed by atoms with E-state index < -0.39 is 12.0 Å². The predicted molar refractivity (Wildman–Crippen MR) is 97.8 cm³/mol. The van der Waals surface area contributed by atoms with E-state index in [0.29, 0.717) is 47.0 Å². The third-order valence-electron chi connectivity index (χ3n) is 4.67. The molecule has 1 aliphatic heterocycles. The Balaban J connectivity index is 1.43. The molecule has 0 amide bonds. The standard InChI is InChI=1S/C18H15ClF3N5O2/c19-12-2-1-3-13(10-12)29-16(28)11-6-8-26(9-7-11)15-5-4-14-23-24-17(18(20,21)22)27(14)25-15/h1-5,10-11H,6-9H2. The van der Waals surface area contributed by atoms with Crippen LogP contribution in [0.1, 0.15) is 18.7 Å². The molecule has 1 fully saturated rings. The molecule has 1 saturated heterocycles. The third-order valence-corrected chi connectivity index (χ3v) is 4.90. The summed E-state index contributed by atoms with van der Waals surface area (Å²) in [5, 5.41) is 11.2. The van der Waals surface area contributed by atoms with Crippen LogP contribution in [0.25, 0.3) is 5.65 Å². The molecule has 0 aliphatic carbocycles. The number of ether oxygens (including phenoxy) is 1. The Morgan fingerprint density at radius 1 is 1.14 bits per heavy atom. The highest BCUT2D eigenvalue weighted by atomic mass is 35.5. The first kappa shape index (κ1) is 19.4. The molecule has 0 bridgehead atoms. The third kappa shape index (κ3) is 4.12. The van der Waals surface area contributed by atoms with Crippen molar-refractivity contribution in [3.63, 3.8) is 0 Å². The number of rotatable bonds is 3. The molecular formula is C18H15ClF3N5O2. The van der Waals surface area contributed by atoms with E-state index in [-0.39, 0.29) is 17.5 Å². The second-order valence-corrected chi connectivity index (χ2v) is 7.06. The van der Waals surface area contributed by atoms with E-state index in [1.54, 1.807) is 30.3 Å². The Hall–Kier alpha value is -2.88. The van der Waals surface area contributed by atoms with Gasteiger partial charge in [-0.2, -0.15) is 17.7 Å². The average molecular weight is 426 g/mol. The summed E-state index contributed by atoms with van der Waals surface area (Å²) >= 11 is 5.89. The fourth-order valence-corrected chi connectivity index (χ4v) is 3.38. The normalized spacial score (nSPS) is 15.7. The summed E-state index contributed by atoms with van der Waals surface area (Å²) in [6, 6.07) is 9.61. The first-order valence-electron chi connectivity index (χ1n) is 8.83. The van der Waals surface area contributed by atoms with Gasteiger partial charge >= 0.3 is 12.1 Å². The van der Waals surface area contributed by atoms with Gasteiger partial charge in [0.05, 0.1) is 5.92 Å². The number of carbonyl (C=O) groups is 1. The number of carbonyl (C=O) groups excluding carboxylic acids is 1.